The van der Waals surface area contributed by atoms with Crippen LogP contribution in [0.15, 0.2) is 72.9 Å². The van der Waals surface area contributed by atoms with Crippen LogP contribution in [0.2, 0.25) is 0 Å². The quantitative estimate of drug-likeness (QED) is 0.0181. The number of phosphoric acid groups is 1. The van der Waals surface area contributed by atoms with Gasteiger partial charge in [0.15, 0.2) is 6.10 Å². The summed E-state index contributed by atoms with van der Waals surface area (Å²) in [5.41, 5.74) is 0. The minimum atomic E-state index is -4.84. The Kier molecular flexibility index (Phi) is 31.5. The molecule has 0 bridgehead atoms. The highest BCUT2D eigenvalue weighted by molar-refractivity contribution is 7.46. The third kappa shape index (κ3) is 30.1. The SMILES string of the molecule is CCCCC/C=C\C/C=C\C/C=C\C/C=C\CCCCCC(=O)OC[C@H](COP(=O)(O)O)OC(=O)CCC/C=C/C[C@@H]1[C@@H](/C=C/[C@@H](O)CCCCC)[C@H](O)C[C@@H]1O. The van der Waals surface area contributed by atoms with Gasteiger partial charge in [-0.15, -0.1) is 0 Å². The van der Waals surface area contributed by atoms with Crippen LogP contribution in [-0.2, 0) is 28.2 Å². The van der Waals surface area contributed by atoms with E-state index in [0.29, 0.717) is 32.1 Å². The summed E-state index contributed by atoms with van der Waals surface area (Å²) in [6, 6.07) is 0. The van der Waals surface area contributed by atoms with Gasteiger partial charge in [0, 0.05) is 25.2 Å². The standard InChI is InChI=1S/C45H75O11P/c1-3-5-7-8-9-10-11-12-13-14-15-16-17-18-19-20-21-22-27-31-44(49)54-36-39(37-55-57(51,52)53)56-45(50)32-28-24-23-26-30-40-41(43(48)35-42(40)47)34-33-38(46)29-25-6-4-2/h9-10,12-13,15-16,18-19,23,26,33-34,38-43,46-48H,3-8,11,14,17,20-22,24-25,27-32,35-37H2,1-2H3,(H2,51,52,53)/b10-9-,13-12-,16-15-,19-18-,26-23+,34-33+/t38-,39+,40+,41+,42-,43+/m0/s1. The zero-order valence-corrected chi connectivity index (χ0v) is 35.7. The van der Waals surface area contributed by atoms with E-state index in [-0.39, 0.29) is 37.7 Å². The van der Waals surface area contributed by atoms with E-state index in [4.69, 9.17) is 19.3 Å². The minimum absolute atomic E-state index is 0.0240. The molecule has 326 valence electrons. The van der Waals surface area contributed by atoms with Crippen LogP contribution in [0.5, 0.6) is 0 Å². The fourth-order valence-corrected chi connectivity index (χ4v) is 6.83. The number of rotatable bonds is 34. The second-order valence-electron chi connectivity index (χ2n) is 14.9. The number of esters is 2. The maximum atomic E-state index is 12.5. The summed E-state index contributed by atoms with van der Waals surface area (Å²) in [4.78, 5) is 43.1. The minimum Gasteiger partial charge on any atom is -0.462 e. The number of allylic oxidation sites excluding steroid dienone is 10. The number of aliphatic hydroxyl groups is 3. The number of aliphatic hydroxyl groups excluding tert-OH is 3. The van der Waals surface area contributed by atoms with E-state index in [0.717, 1.165) is 57.8 Å². The molecule has 11 nitrogen and oxygen atoms in total. The van der Waals surface area contributed by atoms with Gasteiger partial charge in [-0.1, -0.05) is 125 Å². The van der Waals surface area contributed by atoms with Crippen molar-refractivity contribution in [2.24, 2.45) is 11.8 Å². The number of hydrogen-bond donors (Lipinski definition) is 5. The lowest BCUT2D eigenvalue weighted by Gasteiger charge is -2.19. The molecule has 1 rings (SSSR count). The number of carbonyl (C=O) groups is 2. The van der Waals surface area contributed by atoms with Crippen molar-refractivity contribution in [3.8, 4) is 0 Å². The fourth-order valence-electron chi connectivity index (χ4n) is 6.47. The third-order valence-electron chi connectivity index (χ3n) is 9.77. The van der Waals surface area contributed by atoms with E-state index in [1.165, 1.54) is 25.7 Å². The first-order chi connectivity index (χ1) is 27.5. The lowest BCUT2D eigenvalue weighted by atomic mass is 9.89. The number of ether oxygens (including phenoxy) is 2. The zero-order chi connectivity index (χ0) is 42.0. The van der Waals surface area contributed by atoms with Gasteiger partial charge in [-0.05, 0) is 83.0 Å². The molecule has 1 saturated carbocycles. The van der Waals surface area contributed by atoms with Gasteiger partial charge in [0.1, 0.15) is 6.61 Å². The van der Waals surface area contributed by atoms with Crippen molar-refractivity contribution < 1.29 is 53.3 Å². The molecule has 0 aromatic rings. The molecule has 0 radical (unpaired) electrons. The predicted molar refractivity (Wildman–Crippen MR) is 227 cm³/mol. The monoisotopic (exact) mass is 823 g/mol. The van der Waals surface area contributed by atoms with Crippen molar-refractivity contribution in [1.82, 2.24) is 0 Å². The zero-order valence-electron chi connectivity index (χ0n) is 34.8. The Morgan fingerprint density at radius 1 is 0.684 bits per heavy atom. The summed E-state index contributed by atoms with van der Waals surface area (Å²) in [5, 5.41) is 31.2. The molecule has 0 saturated heterocycles. The average Bonchev–Trinajstić information content (AvgIpc) is 3.44. The number of unbranched alkanes of at least 4 members (excludes halogenated alkanes) is 9. The van der Waals surface area contributed by atoms with Gasteiger partial charge in [-0.2, -0.15) is 0 Å². The molecule has 0 unspecified atom stereocenters. The molecule has 6 atom stereocenters. The maximum Gasteiger partial charge on any atom is 0.469 e. The summed E-state index contributed by atoms with van der Waals surface area (Å²) in [6.45, 7) is 3.32. The van der Waals surface area contributed by atoms with Crippen LogP contribution in [0.25, 0.3) is 0 Å². The summed E-state index contributed by atoms with van der Waals surface area (Å²) >= 11 is 0. The van der Waals surface area contributed by atoms with Crippen LogP contribution >= 0.6 is 7.82 Å². The Labute approximate surface area is 343 Å². The molecule has 0 aromatic carbocycles. The molecule has 1 fully saturated rings. The van der Waals surface area contributed by atoms with Crippen LogP contribution in [-0.4, -0.2) is 74.7 Å². The van der Waals surface area contributed by atoms with E-state index in [2.05, 4.69) is 67.0 Å². The number of phosphoric ester groups is 1. The normalized spacial score (nSPS) is 20.3. The third-order valence-corrected chi connectivity index (χ3v) is 10.3. The summed E-state index contributed by atoms with van der Waals surface area (Å²) in [5.74, 6) is -1.56. The Morgan fingerprint density at radius 2 is 1.25 bits per heavy atom. The number of carbonyl (C=O) groups excluding carboxylic acids is 2. The van der Waals surface area contributed by atoms with Crippen molar-refractivity contribution in [2.45, 2.75) is 173 Å². The van der Waals surface area contributed by atoms with Crippen molar-refractivity contribution in [2.75, 3.05) is 13.2 Å². The second kappa shape index (κ2) is 34.3. The summed E-state index contributed by atoms with van der Waals surface area (Å²) in [7, 11) is -4.84. The van der Waals surface area contributed by atoms with E-state index in [1.807, 2.05) is 18.2 Å². The number of hydrogen-bond acceptors (Lipinski definition) is 9. The molecule has 5 N–H and O–H groups in total. The van der Waals surface area contributed by atoms with Crippen molar-refractivity contribution in [1.29, 1.82) is 0 Å². The molecular weight excluding hydrogens is 747 g/mol. The van der Waals surface area contributed by atoms with Gasteiger partial charge in [-0.25, -0.2) is 4.57 Å². The van der Waals surface area contributed by atoms with Crippen molar-refractivity contribution in [3.63, 3.8) is 0 Å². The highest BCUT2D eigenvalue weighted by Gasteiger charge is 2.39. The van der Waals surface area contributed by atoms with E-state index >= 15 is 0 Å². The van der Waals surface area contributed by atoms with E-state index in [1.54, 1.807) is 6.08 Å². The predicted octanol–water partition coefficient (Wildman–Crippen LogP) is 9.45. The summed E-state index contributed by atoms with van der Waals surface area (Å²) < 4.78 is 26.4. The highest BCUT2D eigenvalue weighted by atomic mass is 31.2. The lowest BCUT2D eigenvalue weighted by Crippen LogP contribution is -2.29. The average molecular weight is 823 g/mol. The maximum absolute atomic E-state index is 12.5. The van der Waals surface area contributed by atoms with Crippen molar-refractivity contribution >= 4 is 19.8 Å². The molecular formula is C45H75O11P. The van der Waals surface area contributed by atoms with Gasteiger partial charge in [0.05, 0.1) is 24.9 Å². The fraction of sp³-hybridized carbons (Fsp3) is 0.689. The lowest BCUT2D eigenvalue weighted by molar-refractivity contribution is -0.161. The van der Waals surface area contributed by atoms with Gasteiger partial charge in [0.2, 0.25) is 0 Å². The largest absolute Gasteiger partial charge is 0.469 e. The smallest absolute Gasteiger partial charge is 0.462 e. The highest BCUT2D eigenvalue weighted by Crippen LogP contribution is 2.37. The summed E-state index contributed by atoms with van der Waals surface area (Å²) in [6.07, 6.45) is 38.6. The van der Waals surface area contributed by atoms with Crippen LogP contribution in [0.1, 0.15) is 149 Å². The molecule has 0 amide bonds. The molecule has 0 heterocycles. The topological polar surface area (TPSA) is 180 Å². The first-order valence-corrected chi connectivity index (χ1v) is 23.0. The van der Waals surface area contributed by atoms with Crippen LogP contribution < -0.4 is 0 Å². The van der Waals surface area contributed by atoms with E-state index in [9.17, 15) is 29.5 Å². The molecule has 57 heavy (non-hydrogen) atoms. The van der Waals surface area contributed by atoms with Crippen LogP contribution in [0.4, 0.5) is 0 Å². The Morgan fingerprint density at radius 3 is 1.88 bits per heavy atom. The van der Waals surface area contributed by atoms with Crippen molar-refractivity contribution in [3.05, 3.63) is 72.9 Å². The van der Waals surface area contributed by atoms with Gasteiger partial charge < -0.3 is 34.6 Å². The van der Waals surface area contributed by atoms with Gasteiger partial charge in [-0.3, -0.25) is 14.1 Å². The van der Waals surface area contributed by atoms with Gasteiger partial charge in [0.25, 0.3) is 0 Å². The first kappa shape index (κ1) is 52.4. The molecule has 1 aliphatic carbocycles. The Balaban J connectivity index is 2.31. The molecule has 0 aliphatic heterocycles. The Hall–Kier alpha value is -2.63. The van der Waals surface area contributed by atoms with Gasteiger partial charge >= 0.3 is 19.8 Å². The first-order valence-electron chi connectivity index (χ1n) is 21.5. The molecule has 12 heteroatoms. The Bertz CT molecular complexity index is 1270. The van der Waals surface area contributed by atoms with Crippen LogP contribution in [0, 0.1) is 11.8 Å². The molecule has 1 aliphatic rings. The van der Waals surface area contributed by atoms with Crippen LogP contribution in [0.3, 0.4) is 0 Å². The second-order valence-corrected chi connectivity index (χ2v) is 16.2. The van der Waals surface area contributed by atoms with E-state index < -0.39 is 50.8 Å². The molecule has 0 aromatic heterocycles. The molecule has 0 spiro atoms.